The van der Waals surface area contributed by atoms with E-state index in [0.29, 0.717) is 0 Å². The van der Waals surface area contributed by atoms with Crippen LogP contribution in [0.4, 0.5) is 0 Å². The molecule has 0 saturated heterocycles. The van der Waals surface area contributed by atoms with Gasteiger partial charge < -0.3 is 10.2 Å². The molecule has 0 bridgehead atoms. The average Bonchev–Trinajstić information content (AvgIpc) is 2.47. The Morgan fingerprint density at radius 2 is 1.86 bits per heavy atom. The number of nitrogens with zero attached hydrogens (tertiary/aromatic N) is 1. The van der Waals surface area contributed by atoms with Crippen LogP contribution in [0.2, 0.25) is 0 Å². The molecular formula is C14H19NO5S. The number of aromatic carboxylic acids is 1. The van der Waals surface area contributed by atoms with Gasteiger partial charge >= 0.3 is 5.97 Å². The zero-order chi connectivity index (χ0) is 15.6. The van der Waals surface area contributed by atoms with Crippen molar-refractivity contribution in [3.05, 3.63) is 23.8 Å². The SMILES string of the molecule is CN(C1CCCCC1)S(=O)(=O)c1ccc(O)c(C(=O)O)c1. The second-order valence-electron chi connectivity index (χ2n) is 5.30. The van der Waals surface area contributed by atoms with E-state index in [9.17, 15) is 18.3 Å². The van der Waals surface area contributed by atoms with E-state index in [0.717, 1.165) is 44.2 Å². The highest BCUT2D eigenvalue weighted by molar-refractivity contribution is 7.89. The van der Waals surface area contributed by atoms with Gasteiger partial charge in [-0.1, -0.05) is 19.3 Å². The van der Waals surface area contributed by atoms with Crippen molar-refractivity contribution < 1.29 is 23.4 Å². The average molecular weight is 313 g/mol. The third-order valence-corrected chi connectivity index (χ3v) is 5.87. The summed E-state index contributed by atoms with van der Waals surface area (Å²) in [4.78, 5) is 10.9. The Kier molecular flexibility index (Phi) is 4.53. The molecule has 1 aromatic carbocycles. The maximum absolute atomic E-state index is 12.6. The maximum atomic E-state index is 12.6. The van der Waals surface area contributed by atoms with E-state index in [4.69, 9.17) is 5.11 Å². The molecule has 2 rings (SSSR count). The third kappa shape index (κ3) is 3.19. The minimum absolute atomic E-state index is 0.0502. The number of carbonyl (C=O) groups is 1. The van der Waals surface area contributed by atoms with Gasteiger partial charge in [-0.25, -0.2) is 13.2 Å². The highest BCUT2D eigenvalue weighted by Gasteiger charge is 2.29. The molecule has 1 fully saturated rings. The van der Waals surface area contributed by atoms with Gasteiger partial charge in [-0.05, 0) is 31.0 Å². The predicted molar refractivity (Wildman–Crippen MR) is 76.9 cm³/mol. The molecular weight excluding hydrogens is 294 g/mol. The predicted octanol–water partition coefficient (Wildman–Crippen LogP) is 2.04. The molecule has 0 amide bonds. The summed E-state index contributed by atoms with van der Waals surface area (Å²) in [5.74, 6) is -1.80. The van der Waals surface area contributed by atoms with Crippen LogP contribution in [0, 0.1) is 0 Å². The van der Waals surface area contributed by atoms with E-state index in [1.54, 1.807) is 0 Å². The molecule has 0 radical (unpaired) electrons. The van der Waals surface area contributed by atoms with Crippen LogP contribution < -0.4 is 0 Å². The first-order chi connectivity index (χ1) is 9.84. The van der Waals surface area contributed by atoms with Crippen molar-refractivity contribution >= 4 is 16.0 Å². The quantitative estimate of drug-likeness (QED) is 0.887. The monoisotopic (exact) mass is 313 g/mol. The first-order valence-electron chi connectivity index (χ1n) is 6.88. The molecule has 1 aliphatic rings. The maximum Gasteiger partial charge on any atom is 0.339 e. The number of carboxylic acid groups (broad SMARTS) is 1. The molecule has 0 heterocycles. The minimum atomic E-state index is -3.75. The Labute approximate surface area is 124 Å². The largest absolute Gasteiger partial charge is 0.507 e. The summed E-state index contributed by atoms with van der Waals surface area (Å²) in [5.41, 5.74) is -0.409. The van der Waals surface area contributed by atoms with E-state index < -0.39 is 27.3 Å². The summed E-state index contributed by atoms with van der Waals surface area (Å²) in [6.07, 6.45) is 4.76. The fraction of sp³-hybridized carbons (Fsp3) is 0.500. The van der Waals surface area contributed by atoms with E-state index in [-0.39, 0.29) is 10.9 Å². The zero-order valence-corrected chi connectivity index (χ0v) is 12.6. The number of hydrogen-bond donors (Lipinski definition) is 2. The summed E-state index contributed by atoms with van der Waals surface area (Å²) in [6.45, 7) is 0. The minimum Gasteiger partial charge on any atom is -0.507 e. The van der Waals surface area contributed by atoms with Crippen molar-refractivity contribution in [3.8, 4) is 5.75 Å². The summed E-state index contributed by atoms with van der Waals surface area (Å²) in [7, 11) is -2.23. The lowest BCUT2D eigenvalue weighted by Crippen LogP contribution is -2.38. The zero-order valence-electron chi connectivity index (χ0n) is 11.8. The number of rotatable bonds is 4. The van der Waals surface area contributed by atoms with Gasteiger partial charge in [0.15, 0.2) is 0 Å². The number of aromatic hydroxyl groups is 1. The van der Waals surface area contributed by atoms with Crippen molar-refractivity contribution in [3.63, 3.8) is 0 Å². The molecule has 1 saturated carbocycles. The van der Waals surface area contributed by atoms with Crippen LogP contribution in [0.15, 0.2) is 23.1 Å². The fourth-order valence-electron chi connectivity index (χ4n) is 2.65. The lowest BCUT2D eigenvalue weighted by atomic mass is 9.96. The molecule has 0 unspecified atom stereocenters. The van der Waals surface area contributed by atoms with Crippen LogP contribution in [0.5, 0.6) is 5.75 Å². The molecule has 0 atom stereocenters. The number of hydrogen-bond acceptors (Lipinski definition) is 4. The molecule has 0 spiro atoms. The van der Waals surface area contributed by atoms with E-state index in [2.05, 4.69) is 0 Å². The topological polar surface area (TPSA) is 94.9 Å². The van der Waals surface area contributed by atoms with Gasteiger partial charge in [-0.3, -0.25) is 0 Å². The first-order valence-corrected chi connectivity index (χ1v) is 8.32. The Morgan fingerprint density at radius 3 is 2.43 bits per heavy atom. The highest BCUT2D eigenvalue weighted by atomic mass is 32.2. The van der Waals surface area contributed by atoms with Crippen molar-refractivity contribution in [2.24, 2.45) is 0 Å². The second kappa shape index (κ2) is 6.03. The molecule has 21 heavy (non-hydrogen) atoms. The molecule has 1 aliphatic carbocycles. The summed E-state index contributed by atoms with van der Waals surface area (Å²) in [6, 6.07) is 3.29. The number of carboxylic acids is 1. The molecule has 1 aromatic rings. The van der Waals surface area contributed by atoms with Gasteiger partial charge in [0, 0.05) is 13.1 Å². The molecule has 116 valence electrons. The lowest BCUT2D eigenvalue weighted by molar-refractivity contribution is 0.0693. The van der Waals surface area contributed by atoms with E-state index >= 15 is 0 Å². The van der Waals surface area contributed by atoms with Gasteiger partial charge in [-0.2, -0.15) is 4.31 Å². The van der Waals surface area contributed by atoms with Gasteiger partial charge in [0.25, 0.3) is 0 Å². The number of sulfonamides is 1. The molecule has 2 N–H and O–H groups in total. The van der Waals surface area contributed by atoms with Crippen LogP contribution in [0.3, 0.4) is 0 Å². The van der Waals surface area contributed by atoms with Gasteiger partial charge in [-0.15, -0.1) is 0 Å². The van der Waals surface area contributed by atoms with Crippen LogP contribution in [0.25, 0.3) is 0 Å². The molecule has 6 nitrogen and oxygen atoms in total. The van der Waals surface area contributed by atoms with Crippen LogP contribution >= 0.6 is 0 Å². The third-order valence-electron chi connectivity index (χ3n) is 3.96. The molecule has 0 aromatic heterocycles. The van der Waals surface area contributed by atoms with Gasteiger partial charge in [0.2, 0.25) is 10.0 Å². The fourth-order valence-corrected chi connectivity index (χ4v) is 4.10. The second-order valence-corrected chi connectivity index (χ2v) is 7.29. The van der Waals surface area contributed by atoms with Crippen LogP contribution in [-0.2, 0) is 10.0 Å². The Balaban J connectivity index is 2.34. The highest BCUT2D eigenvalue weighted by Crippen LogP contribution is 2.28. The molecule has 7 heteroatoms. The molecule has 0 aliphatic heterocycles. The van der Waals surface area contributed by atoms with E-state index in [1.165, 1.54) is 17.4 Å². The lowest BCUT2D eigenvalue weighted by Gasteiger charge is -2.30. The summed E-state index contributed by atoms with van der Waals surface area (Å²) < 4.78 is 26.5. The standard InChI is InChI=1S/C14H19NO5S/c1-15(10-5-3-2-4-6-10)21(19,20)11-7-8-13(16)12(9-11)14(17)18/h7-10,16H,2-6H2,1H3,(H,17,18). The number of phenols is 1. The number of benzene rings is 1. The van der Waals surface area contributed by atoms with Gasteiger partial charge in [0.05, 0.1) is 4.90 Å². The Hall–Kier alpha value is -1.60. The van der Waals surface area contributed by atoms with Crippen molar-refractivity contribution in [1.82, 2.24) is 4.31 Å². The summed E-state index contributed by atoms with van der Waals surface area (Å²) in [5, 5.41) is 18.4. The Bertz CT molecular complexity index is 635. The van der Waals surface area contributed by atoms with Crippen LogP contribution in [-0.4, -0.2) is 42.0 Å². The van der Waals surface area contributed by atoms with Crippen molar-refractivity contribution in [2.75, 3.05) is 7.05 Å². The smallest absolute Gasteiger partial charge is 0.339 e. The summed E-state index contributed by atoms with van der Waals surface area (Å²) >= 11 is 0. The Morgan fingerprint density at radius 1 is 1.24 bits per heavy atom. The van der Waals surface area contributed by atoms with Crippen molar-refractivity contribution in [2.45, 2.75) is 43.0 Å². The van der Waals surface area contributed by atoms with Gasteiger partial charge in [0.1, 0.15) is 11.3 Å². The van der Waals surface area contributed by atoms with Crippen LogP contribution in [0.1, 0.15) is 42.5 Å². The van der Waals surface area contributed by atoms with Crippen molar-refractivity contribution in [1.29, 1.82) is 0 Å². The normalized spacial score (nSPS) is 17.0. The van der Waals surface area contributed by atoms with E-state index in [1.807, 2.05) is 0 Å². The first kappa shape index (κ1) is 15.8.